The van der Waals surface area contributed by atoms with Gasteiger partial charge in [-0.1, -0.05) is 0 Å². The minimum absolute atomic E-state index is 1.02. The molecule has 3 saturated heterocycles. The molecule has 0 saturated carbocycles. The van der Waals surface area contributed by atoms with E-state index in [2.05, 4.69) is 23.5 Å². The van der Waals surface area contributed by atoms with E-state index in [1.165, 1.54) is 21.1 Å². The van der Waals surface area contributed by atoms with Crippen molar-refractivity contribution in [2.75, 3.05) is 11.5 Å². The molecule has 3 rings (SSSR count). The summed E-state index contributed by atoms with van der Waals surface area (Å²) in [6, 6.07) is 0. The summed E-state index contributed by atoms with van der Waals surface area (Å²) in [7, 11) is 0. The molecule has 3 fully saturated rings. The van der Waals surface area contributed by atoms with Crippen LogP contribution >= 0.6 is 23.5 Å². The summed E-state index contributed by atoms with van der Waals surface area (Å²) in [5.41, 5.74) is 0. The third-order valence-corrected chi connectivity index (χ3v) is 12.8. The molecular formula is C10H16S2Se2. The summed E-state index contributed by atoms with van der Waals surface area (Å²) in [6.45, 7) is 0. The van der Waals surface area contributed by atoms with Gasteiger partial charge >= 0.3 is 109 Å². The van der Waals surface area contributed by atoms with Gasteiger partial charge in [0, 0.05) is 0 Å². The van der Waals surface area contributed by atoms with E-state index in [0.717, 1.165) is 40.4 Å². The topological polar surface area (TPSA) is 0 Å². The van der Waals surface area contributed by atoms with Crippen LogP contribution in [-0.2, 0) is 0 Å². The fourth-order valence-corrected chi connectivity index (χ4v) is 12.4. The third kappa shape index (κ3) is 3.37. The van der Waals surface area contributed by atoms with E-state index in [1.807, 2.05) is 0 Å². The van der Waals surface area contributed by atoms with Gasteiger partial charge in [-0.15, -0.1) is 0 Å². The Hall–Kier alpha value is 1.74. The van der Waals surface area contributed by atoms with Crippen molar-refractivity contribution in [2.24, 2.45) is 0 Å². The van der Waals surface area contributed by atoms with E-state index >= 15 is 0 Å². The van der Waals surface area contributed by atoms with Crippen LogP contribution in [0.4, 0.5) is 0 Å². The Bertz CT molecular complexity index is 184. The van der Waals surface area contributed by atoms with Gasteiger partial charge in [0.2, 0.25) is 0 Å². The van der Waals surface area contributed by atoms with Crippen molar-refractivity contribution in [1.29, 1.82) is 0 Å². The van der Waals surface area contributed by atoms with Gasteiger partial charge in [0.15, 0.2) is 0 Å². The van der Waals surface area contributed by atoms with Gasteiger partial charge in [-0.3, -0.25) is 0 Å². The van der Waals surface area contributed by atoms with Crippen LogP contribution in [0.3, 0.4) is 0 Å². The fraction of sp³-hybridized carbons (Fsp3) is 1.00. The summed E-state index contributed by atoms with van der Waals surface area (Å²) < 4.78 is 0. The van der Waals surface area contributed by atoms with Crippen molar-refractivity contribution < 1.29 is 0 Å². The fourth-order valence-electron chi connectivity index (χ4n) is 1.92. The first kappa shape index (κ1) is 10.9. The second-order valence-corrected chi connectivity index (χ2v) is 12.6. The van der Waals surface area contributed by atoms with Crippen molar-refractivity contribution in [3.05, 3.63) is 0 Å². The summed E-state index contributed by atoms with van der Waals surface area (Å²) in [4.78, 5) is 2.40. The zero-order valence-corrected chi connectivity index (χ0v) is 13.2. The molecule has 4 unspecified atom stereocenters. The molecule has 80 valence electrons. The van der Waals surface area contributed by atoms with Crippen molar-refractivity contribution >= 4 is 53.4 Å². The van der Waals surface area contributed by atoms with E-state index in [9.17, 15) is 0 Å². The summed E-state index contributed by atoms with van der Waals surface area (Å²) >= 11 is 6.45. The van der Waals surface area contributed by atoms with Crippen molar-refractivity contribution in [2.45, 2.75) is 43.6 Å². The van der Waals surface area contributed by atoms with E-state index in [-0.39, 0.29) is 0 Å². The minimum atomic E-state index is 1.02. The molecule has 3 aliphatic heterocycles. The van der Waals surface area contributed by atoms with Crippen LogP contribution < -0.4 is 0 Å². The molecule has 0 bridgehead atoms. The number of thioether (sulfide) groups is 2. The number of hydrogen-bond acceptors (Lipinski definition) is 2. The van der Waals surface area contributed by atoms with Crippen LogP contribution in [0.25, 0.3) is 0 Å². The molecule has 3 heterocycles. The Morgan fingerprint density at radius 3 is 1.86 bits per heavy atom. The molecule has 0 aromatic heterocycles. The molecule has 0 amide bonds. The zero-order chi connectivity index (χ0) is 9.38. The van der Waals surface area contributed by atoms with E-state index in [4.69, 9.17) is 0 Å². The maximum atomic E-state index is 2.20. The van der Waals surface area contributed by atoms with Gasteiger partial charge in [-0.2, -0.15) is 0 Å². The maximum absolute atomic E-state index is 2.20. The monoisotopic (exact) mass is 360 g/mol. The van der Waals surface area contributed by atoms with E-state index in [1.54, 1.807) is 23.5 Å². The molecule has 4 heteroatoms. The van der Waals surface area contributed by atoms with Crippen LogP contribution in [0.5, 0.6) is 0 Å². The van der Waals surface area contributed by atoms with Crippen molar-refractivity contribution in [3.63, 3.8) is 0 Å². The predicted molar refractivity (Wildman–Crippen MR) is 70.3 cm³/mol. The number of rotatable bonds is 4. The van der Waals surface area contributed by atoms with Gasteiger partial charge in [0.25, 0.3) is 0 Å². The molecule has 14 heavy (non-hydrogen) atoms. The molecule has 0 spiro atoms. The number of hydrogen-bond donors (Lipinski definition) is 0. The van der Waals surface area contributed by atoms with Gasteiger partial charge in [0.1, 0.15) is 0 Å². The Kier molecular flexibility index (Phi) is 3.83. The Morgan fingerprint density at radius 2 is 1.43 bits per heavy atom. The first-order valence-electron chi connectivity index (χ1n) is 5.36. The Labute approximate surface area is 108 Å². The Morgan fingerprint density at radius 1 is 0.929 bits per heavy atom. The second kappa shape index (κ2) is 4.94. The third-order valence-electron chi connectivity index (χ3n) is 2.85. The quantitative estimate of drug-likeness (QED) is 0.560. The van der Waals surface area contributed by atoms with Crippen LogP contribution in [-0.4, -0.2) is 51.9 Å². The average Bonchev–Trinajstić information content (AvgIpc) is 3.00. The van der Waals surface area contributed by atoms with E-state index in [0.29, 0.717) is 0 Å². The molecular weight excluding hydrogens is 342 g/mol. The molecule has 0 aliphatic carbocycles. The molecule has 3 aliphatic rings. The Balaban J connectivity index is 1.44. The summed E-state index contributed by atoms with van der Waals surface area (Å²) in [6.07, 6.45) is 3.20. The molecule has 0 aromatic carbocycles. The van der Waals surface area contributed by atoms with Gasteiger partial charge in [0.05, 0.1) is 0 Å². The van der Waals surface area contributed by atoms with Crippen LogP contribution in [0.2, 0.25) is 20.3 Å². The van der Waals surface area contributed by atoms with Gasteiger partial charge in [-0.25, -0.2) is 0 Å². The van der Waals surface area contributed by atoms with Crippen LogP contribution in [0, 0.1) is 0 Å². The molecule has 0 radical (unpaired) electrons. The molecule has 0 nitrogen and oxygen atoms in total. The van der Waals surface area contributed by atoms with Crippen LogP contribution in [0.1, 0.15) is 12.8 Å². The second-order valence-electron chi connectivity index (χ2n) is 4.30. The summed E-state index contributed by atoms with van der Waals surface area (Å²) in [5, 5.41) is 5.48. The average molecular weight is 358 g/mol. The molecule has 4 atom stereocenters. The zero-order valence-electron chi connectivity index (χ0n) is 8.19. The van der Waals surface area contributed by atoms with Crippen molar-refractivity contribution in [3.8, 4) is 0 Å². The molecule has 0 aromatic rings. The van der Waals surface area contributed by atoms with Crippen LogP contribution in [0.15, 0.2) is 0 Å². The first-order valence-corrected chi connectivity index (χ1v) is 11.9. The van der Waals surface area contributed by atoms with Gasteiger partial charge < -0.3 is 0 Å². The predicted octanol–water partition coefficient (Wildman–Crippen LogP) is 2.83. The summed E-state index contributed by atoms with van der Waals surface area (Å²) in [5.74, 6) is 2.98. The molecule has 0 N–H and O–H groups in total. The van der Waals surface area contributed by atoms with Crippen molar-refractivity contribution in [1.82, 2.24) is 0 Å². The van der Waals surface area contributed by atoms with Gasteiger partial charge in [-0.05, 0) is 0 Å². The van der Waals surface area contributed by atoms with E-state index < -0.39 is 0 Å². The first-order chi connectivity index (χ1) is 6.90. The normalized spacial score (nSPS) is 46.3. The standard InChI is InChI=1S/C10H16S2Se2/c1(7-3-11-7)9-5-13-6-10(14-9)2-8-4-12-8/h7-10H,1-6H2. The SMILES string of the molecule is C1SC1CC1C[Se]CC(CC2CS2)[Se]1.